The minimum absolute atomic E-state index is 0.173. The molecule has 2 aromatic heterocycles. The van der Waals surface area contributed by atoms with Gasteiger partial charge in [-0.1, -0.05) is 47.2 Å². The minimum Gasteiger partial charge on any atom is -0.431 e. The molecular weight excluding hydrogens is 394 g/mol. The number of nitrogens with one attached hydrogen (secondary N) is 1. The SMILES string of the molecule is Cc1ccc(-c2cc(Oc3nccs3)cc(C(=O)NCc3ccc(C)nc3)c2)cc1. The lowest BCUT2D eigenvalue weighted by atomic mass is 10.0. The summed E-state index contributed by atoms with van der Waals surface area (Å²) in [5, 5.41) is 5.35. The maximum absolute atomic E-state index is 12.9. The van der Waals surface area contributed by atoms with Gasteiger partial charge in [-0.05, 0) is 54.8 Å². The fourth-order valence-corrected chi connectivity index (χ4v) is 3.45. The maximum atomic E-state index is 12.9. The molecule has 0 aliphatic carbocycles. The van der Waals surface area contributed by atoms with Gasteiger partial charge in [0.1, 0.15) is 5.75 Å². The number of amides is 1. The van der Waals surface area contributed by atoms with Crippen LogP contribution in [0.15, 0.2) is 72.4 Å². The van der Waals surface area contributed by atoms with E-state index in [1.54, 1.807) is 18.5 Å². The number of thiazole rings is 1. The van der Waals surface area contributed by atoms with Gasteiger partial charge in [0.15, 0.2) is 0 Å². The number of hydrogen-bond acceptors (Lipinski definition) is 5. The summed E-state index contributed by atoms with van der Waals surface area (Å²) >= 11 is 1.40. The molecule has 0 aliphatic heterocycles. The van der Waals surface area contributed by atoms with Gasteiger partial charge in [-0.3, -0.25) is 9.78 Å². The van der Waals surface area contributed by atoms with E-state index in [-0.39, 0.29) is 5.91 Å². The number of ether oxygens (including phenoxy) is 1. The monoisotopic (exact) mass is 415 g/mol. The molecule has 0 spiro atoms. The van der Waals surface area contributed by atoms with Gasteiger partial charge in [0.2, 0.25) is 0 Å². The van der Waals surface area contributed by atoms with Crippen molar-refractivity contribution in [3.05, 3.63) is 94.8 Å². The molecule has 1 amide bonds. The third-order valence-electron chi connectivity index (χ3n) is 4.59. The van der Waals surface area contributed by atoms with E-state index in [1.165, 1.54) is 16.9 Å². The van der Waals surface area contributed by atoms with Gasteiger partial charge >= 0.3 is 0 Å². The van der Waals surface area contributed by atoms with Crippen LogP contribution in [0.5, 0.6) is 10.9 Å². The third kappa shape index (κ3) is 4.90. The van der Waals surface area contributed by atoms with Crippen molar-refractivity contribution in [2.24, 2.45) is 0 Å². The first-order valence-corrected chi connectivity index (χ1v) is 10.4. The fraction of sp³-hybridized carbons (Fsp3) is 0.125. The summed E-state index contributed by atoms with van der Waals surface area (Å²) in [5.74, 6) is 0.402. The van der Waals surface area contributed by atoms with E-state index in [9.17, 15) is 4.79 Å². The molecule has 0 aliphatic rings. The van der Waals surface area contributed by atoms with E-state index < -0.39 is 0 Å². The van der Waals surface area contributed by atoms with Gasteiger partial charge in [0.05, 0.1) is 0 Å². The topological polar surface area (TPSA) is 64.1 Å². The summed E-state index contributed by atoms with van der Waals surface area (Å²) in [6, 6.07) is 17.6. The van der Waals surface area contributed by atoms with E-state index in [0.29, 0.717) is 23.1 Å². The van der Waals surface area contributed by atoms with Crippen LogP contribution in [0.4, 0.5) is 0 Å². The van der Waals surface area contributed by atoms with Gasteiger partial charge in [0.25, 0.3) is 11.1 Å². The van der Waals surface area contributed by atoms with Crippen LogP contribution in [-0.2, 0) is 6.54 Å². The first-order chi connectivity index (χ1) is 14.6. The molecule has 0 saturated carbocycles. The minimum atomic E-state index is -0.173. The number of carbonyl (C=O) groups excluding carboxylic acids is 1. The zero-order valence-electron chi connectivity index (χ0n) is 16.8. The van der Waals surface area contributed by atoms with Crippen LogP contribution >= 0.6 is 11.3 Å². The van der Waals surface area contributed by atoms with Gasteiger partial charge < -0.3 is 10.1 Å². The molecule has 2 heterocycles. The number of benzene rings is 2. The van der Waals surface area contributed by atoms with E-state index in [1.807, 2.05) is 67.8 Å². The molecule has 1 N–H and O–H groups in total. The Morgan fingerprint density at radius 2 is 1.83 bits per heavy atom. The number of aromatic nitrogens is 2. The molecule has 0 fully saturated rings. The lowest BCUT2D eigenvalue weighted by Crippen LogP contribution is -2.23. The highest BCUT2D eigenvalue weighted by molar-refractivity contribution is 7.11. The van der Waals surface area contributed by atoms with Crippen molar-refractivity contribution in [3.63, 3.8) is 0 Å². The Bertz CT molecular complexity index is 1140. The molecule has 0 unspecified atom stereocenters. The van der Waals surface area contributed by atoms with Crippen LogP contribution < -0.4 is 10.1 Å². The first kappa shape index (κ1) is 19.8. The highest BCUT2D eigenvalue weighted by atomic mass is 32.1. The summed E-state index contributed by atoms with van der Waals surface area (Å²) < 4.78 is 5.89. The Hall–Kier alpha value is -3.51. The average molecular weight is 416 g/mol. The molecule has 2 aromatic carbocycles. The van der Waals surface area contributed by atoms with Crippen molar-refractivity contribution >= 4 is 17.2 Å². The fourth-order valence-electron chi connectivity index (χ4n) is 2.95. The molecule has 4 aromatic rings. The Morgan fingerprint density at radius 1 is 1.00 bits per heavy atom. The Kier molecular flexibility index (Phi) is 5.86. The van der Waals surface area contributed by atoms with Crippen LogP contribution in [0.2, 0.25) is 0 Å². The normalized spacial score (nSPS) is 10.6. The summed E-state index contributed by atoms with van der Waals surface area (Å²) in [5.41, 5.74) is 5.52. The summed E-state index contributed by atoms with van der Waals surface area (Å²) in [7, 11) is 0. The van der Waals surface area contributed by atoms with Crippen molar-refractivity contribution < 1.29 is 9.53 Å². The standard InChI is InChI=1S/C24H21N3O2S/c1-16-3-7-19(8-4-16)20-11-21(13-22(12-20)29-24-25-9-10-30-24)23(28)27-15-18-6-5-17(2)26-14-18/h3-14H,15H2,1-2H3,(H,27,28). The van der Waals surface area contributed by atoms with Gasteiger partial charge in [-0.25, -0.2) is 4.98 Å². The second-order valence-corrected chi connectivity index (χ2v) is 7.86. The predicted molar refractivity (Wildman–Crippen MR) is 119 cm³/mol. The van der Waals surface area contributed by atoms with Crippen molar-refractivity contribution in [2.75, 3.05) is 0 Å². The molecule has 0 bridgehead atoms. The van der Waals surface area contributed by atoms with Gasteiger partial charge in [-0.15, -0.1) is 0 Å². The van der Waals surface area contributed by atoms with Crippen LogP contribution in [0, 0.1) is 13.8 Å². The number of hydrogen-bond donors (Lipinski definition) is 1. The lowest BCUT2D eigenvalue weighted by Gasteiger charge is -2.11. The zero-order valence-corrected chi connectivity index (χ0v) is 17.6. The van der Waals surface area contributed by atoms with E-state index in [0.717, 1.165) is 22.4 Å². The second-order valence-electron chi connectivity index (χ2n) is 7.00. The van der Waals surface area contributed by atoms with Crippen LogP contribution in [-0.4, -0.2) is 15.9 Å². The quantitative estimate of drug-likeness (QED) is 0.449. The van der Waals surface area contributed by atoms with E-state index >= 15 is 0 Å². The van der Waals surface area contributed by atoms with Crippen molar-refractivity contribution in [3.8, 4) is 22.1 Å². The third-order valence-corrected chi connectivity index (χ3v) is 5.24. The molecule has 150 valence electrons. The highest BCUT2D eigenvalue weighted by Gasteiger charge is 2.12. The molecule has 6 heteroatoms. The number of nitrogens with zero attached hydrogens (tertiary/aromatic N) is 2. The van der Waals surface area contributed by atoms with E-state index in [4.69, 9.17) is 4.74 Å². The maximum Gasteiger partial charge on any atom is 0.278 e. The van der Waals surface area contributed by atoms with Gasteiger partial charge in [0, 0.05) is 35.6 Å². The Labute approximate surface area is 179 Å². The molecule has 4 rings (SSSR count). The van der Waals surface area contributed by atoms with Crippen molar-refractivity contribution in [1.82, 2.24) is 15.3 Å². The highest BCUT2D eigenvalue weighted by Crippen LogP contribution is 2.30. The molecule has 0 saturated heterocycles. The summed E-state index contributed by atoms with van der Waals surface area (Å²) in [6.07, 6.45) is 3.46. The van der Waals surface area contributed by atoms with Crippen LogP contribution in [0.3, 0.4) is 0 Å². The van der Waals surface area contributed by atoms with Crippen LogP contribution in [0.25, 0.3) is 11.1 Å². The molecule has 0 radical (unpaired) electrons. The summed E-state index contributed by atoms with van der Waals surface area (Å²) in [6.45, 7) is 4.39. The average Bonchev–Trinajstić information content (AvgIpc) is 3.26. The molecular formula is C24H21N3O2S. The molecule has 0 atom stereocenters. The van der Waals surface area contributed by atoms with Crippen LogP contribution in [0.1, 0.15) is 27.2 Å². The molecule has 5 nitrogen and oxygen atoms in total. The number of pyridine rings is 1. The second kappa shape index (κ2) is 8.88. The smallest absolute Gasteiger partial charge is 0.278 e. The number of rotatable bonds is 6. The Balaban J connectivity index is 1.61. The van der Waals surface area contributed by atoms with Crippen molar-refractivity contribution in [1.29, 1.82) is 0 Å². The summed E-state index contributed by atoms with van der Waals surface area (Å²) in [4.78, 5) is 21.3. The lowest BCUT2D eigenvalue weighted by molar-refractivity contribution is 0.0950. The largest absolute Gasteiger partial charge is 0.431 e. The van der Waals surface area contributed by atoms with Crippen molar-refractivity contribution in [2.45, 2.75) is 20.4 Å². The number of carbonyl (C=O) groups is 1. The van der Waals surface area contributed by atoms with E-state index in [2.05, 4.69) is 15.3 Å². The van der Waals surface area contributed by atoms with Gasteiger partial charge in [-0.2, -0.15) is 0 Å². The predicted octanol–water partition coefficient (Wildman–Crippen LogP) is 5.54. The first-order valence-electron chi connectivity index (χ1n) is 9.56. The zero-order chi connectivity index (χ0) is 20.9. The number of aryl methyl sites for hydroxylation is 2. The molecule has 30 heavy (non-hydrogen) atoms. The Morgan fingerprint density at radius 3 is 2.53 bits per heavy atom.